The van der Waals surface area contributed by atoms with Crippen LogP contribution in [0.15, 0.2) is 41.3 Å². The fourth-order valence-electron chi connectivity index (χ4n) is 2.76. The van der Waals surface area contributed by atoms with Gasteiger partial charge in [-0.05, 0) is 42.0 Å². The first-order valence-electron chi connectivity index (χ1n) is 7.81. The first-order valence-corrected chi connectivity index (χ1v) is 9.30. The molecule has 2 N–H and O–H groups in total. The summed E-state index contributed by atoms with van der Waals surface area (Å²) < 4.78 is 66.7. The summed E-state index contributed by atoms with van der Waals surface area (Å²) >= 11 is 0. The Balaban J connectivity index is 2.01. The molecule has 0 radical (unpaired) electrons. The number of amides is 1. The van der Waals surface area contributed by atoms with Crippen molar-refractivity contribution >= 4 is 33.0 Å². The maximum absolute atomic E-state index is 13.0. The van der Waals surface area contributed by atoms with Crippen LogP contribution < -0.4 is 14.9 Å². The molecule has 1 aliphatic rings. The van der Waals surface area contributed by atoms with Crippen molar-refractivity contribution in [2.75, 3.05) is 29.0 Å². The van der Waals surface area contributed by atoms with Gasteiger partial charge in [0.25, 0.3) is 10.0 Å². The van der Waals surface area contributed by atoms with Gasteiger partial charge in [-0.3, -0.25) is 9.52 Å². The quantitative estimate of drug-likeness (QED) is 0.828. The lowest BCUT2D eigenvalue weighted by Crippen LogP contribution is -2.18. The maximum Gasteiger partial charge on any atom is 0.416 e. The molecule has 144 valence electrons. The number of hydrogen-bond acceptors (Lipinski definition) is 4. The average Bonchev–Trinajstić information content (AvgIpc) is 2.92. The van der Waals surface area contributed by atoms with Crippen molar-refractivity contribution in [1.82, 2.24) is 0 Å². The first kappa shape index (κ1) is 19.0. The molecule has 10 heteroatoms. The molecule has 0 aliphatic carbocycles. The smallest absolute Gasteiger partial charge is 0.376 e. The van der Waals surface area contributed by atoms with Crippen LogP contribution >= 0.6 is 0 Å². The van der Waals surface area contributed by atoms with Crippen molar-refractivity contribution in [1.29, 1.82) is 0 Å². The molecule has 2 aromatic rings. The SMILES string of the molecule is CN(C)c1ccc(C(F)(F)F)cc1NS(=O)(=O)c1ccc2c(c1)CC(=O)N2. The van der Waals surface area contributed by atoms with Gasteiger partial charge >= 0.3 is 6.18 Å². The van der Waals surface area contributed by atoms with Crippen molar-refractivity contribution in [3.63, 3.8) is 0 Å². The van der Waals surface area contributed by atoms with E-state index < -0.39 is 21.8 Å². The van der Waals surface area contributed by atoms with E-state index in [9.17, 15) is 26.4 Å². The van der Waals surface area contributed by atoms with Gasteiger partial charge in [0, 0.05) is 19.8 Å². The molecule has 0 saturated carbocycles. The molecule has 1 heterocycles. The number of hydrogen-bond donors (Lipinski definition) is 2. The highest BCUT2D eigenvalue weighted by Crippen LogP contribution is 2.36. The summed E-state index contributed by atoms with van der Waals surface area (Å²) in [5.41, 5.74) is 0.162. The van der Waals surface area contributed by atoms with Gasteiger partial charge in [0.15, 0.2) is 0 Å². The van der Waals surface area contributed by atoms with Crippen molar-refractivity contribution in [2.24, 2.45) is 0 Å². The molecular weight excluding hydrogens is 383 g/mol. The number of carbonyl (C=O) groups is 1. The Hall–Kier alpha value is -2.75. The van der Waals surface area contributed by atoms with Gasteiger partial charge in [-0.15, -0.1) is 0 Å². The zero-order valence-corrected chi connectivity index (χ0v) is 15.2. The molecule has 0 fully saturated rings. The van der Waals surface area contributed by atoms with Crippen LogP contribution in [0.2, 0.25) is 0 Å². The lowest BCUT2D eigenvalue weighted by atomic mass is 10.1. The molecule has 0 spiro atoms. The van der Waals surface area contributed by atoms with Crippen LogP contribution in [0.4, 0.5) is 30.2 Å². The van der Waals surface area contributed by atoms with Crippen LogP contribution in [0.3, 0.4) is 0 Å². The van der Waals surface area contributed by atoms with Gasteiger partial charge in [0.1, 0.15) is 0 Å². The Labute approximate surface area is 154 Å². The highest BCUT2D eigenvalue weighted by molar-refractivity contribution is 7.92. The van der Waals surface area contributed by atoms with Crippen molar-refractivity contribution in [3.8, 4) is 0 Å². The third-order valence-electron chi connectivity index (χ3n) is 4.06. The molecule has 0 unspecified atom stereocenters. The second kappa shape index (κ2) is 6.45. The molecular formula is C17H16F3N3O3S. The number of rotatable bonds is 4. The van der Waals surface area contributed by atoms with E-state index in [1.54, 1.807) is 14.1 Å². The van der Waals surface area contributed by atoms with Crippen LogP contribution in [0.25, 0.3) is 0 Å². The van der Waals surface area contributed by atoms with Crippen LogP contribution in [0.1, 0.15) is 11.1 Å². The first-order chi connectivity index (χ1) is 12.5. The minimum atomic E-state index is -4.61. The summed E-state index contributed by atoms with van der Waals surface area (Å²) in [6.07, 6.45) is -4.56. The summed E-state index contributed by atoms with van der Waals surface area (Å²) in [6.45, 7) is 0. The highest BCUT2D eigenvalue weighted by atomic mass is 32.2. The van der Waals surface area contributed by atoms with Gasteiger partial charge in [-0.1, -0.05) is 0 Å². The number of fused-ring (bicyclic) bond motifs is 1. The Morgan fingerprint density at radius 3 is 2.44 bits per heavy atom. The number of alkyl halides is 3. The number of sulfonamides is 1. The zero-order valence-electron chi connectivity index (χ0n) is 14.4. The largest absolute Gasteiger partial charge is 0.416 e. The lowest BCUT2D eigenvalue weighted by molar-refractivity contribution is -0.137. The molecule has 0 saturated heterocycles. The van der Waals surface area contributed by atoms with E-state index in [1.165, 1.54) is 29.2 Å². The van der Waals surface area contributed by atoms with Gasteiger partial charge in [0.05, 0.1) is 28.3 Å². The normalized spacial score (nSPS) is 13.9. The third kappa shape index (κ3) is 3.85. The average molecular weight is 399 g/mol. The van der Waals surface area contributed by atoms with Crippen LogP contribution in [0, 0.1) is 0 Å². The van der Waals surface area contributed by atoms with Crippen LogP contribution in [-0.2, 0) is 27.4 Å². The predicted molar refractivity (Wildman–Crippen MR) is 95.4 cm³/mol. The number of anilines is 3. The van der Waals surface area contributed by atoms with Gasteiger partial charge < -0.3 is 10.2 Å². The number of nitrogens with zero attached hydrogens (tertiary/aromatic N) is 1. The maximum atomic E-state index is 13.0. The van der Waals surface area contributed by atoms with Gasteiger partial charge in [-0.2, -0.15) is 13.2 Å². The Kier molecular flexibility index (Phi) is 4.54. The van der Waals surface area contributed by atoms with E-state index in [4.69, 9.17) is 0 Å². The summed E-state index contributed by atoms with van der Waals surface area (Å²) in [5, 5.41) is 2.59. The number of halogens is 3. The molecule has 0 bridgehead atoms. The van der Waals surface area contributed by atoms with E-state index >= 15 is 0 Å². The Bertz CT molecular complexity index is 1020. The predicted octanol–water partition coefficient (Wildman–Crippen LogP) is 3.07. The summed E-state index contributed by atoms with van der Waals surface area (Å²) in [4.78, 5) is 12.8. The van der Waals surface area contributed by atoms with Crippen molar-refractivity contribution in [2.45, 2.75) is 17.5 Å². The molecule has 0 atom stereocenters. The minimum absolute atomic E-state index is 0.0468. The summed E-state index contributed by atoms with van der Waals surface area (Å²) in [6, 6.07) is 6.92. The standard InChI is InChI=1S/C17H16F3N3O3S/c1-23(2)15-6-3-11(17(18,19)20)9-14(15)22-27(25,26)12-4-5-13-10(7-12)8-16(24)21-13/h3-7,9,22H,8H2,1-2H3,(H,21,24). The molecule has 2 aromatic carbocycles. The molecule has 3 rings (SSSR count). The topological polar surface area (TPSA) is 78.5 Å². The summed E-state index contributed by atoms with van der Waals surface area (Å²) in [7, 11) is -0.973. The fraction of sp³-hybridized carbons (Fsp3) is 0.235. The fourth-order valence-corrected chi connectivity index (χ4v) is 3.88. The van der Waals surface area contributed by atoms with Crippen molar-refractivity contribution in [3.05, 3.63) is 47.5 Å². The zero-order chi connectivity index (χ0) is 20.0. The molecule has 1 aliphatic heterocycles. The van der Waals surface area contributed by atoms with Gasteiger partial charge in [0.2, 0.25) is 5.91 Å². The highest BCUT2D eigenvalue weighted by Gasteiger charge is 2.32. The summed E-state index contributed by atoms with van der Waals surface area (Å²) in [5.74, 6) is -0.250. The van der Waals surface area contributed by atoms with Crippen LogP contribution in [-0.4, -0.2) is 28.4 Å². The monoisotopic (exact) mass is 399 g/mol. The van der Waals surface area contributed by atoms with Crippen molar-refractivity contribution < 1.29 is 26.4 Å². The third-order valence-corrected chi connectivity index (χ3v) is 5.43. The molecule has 1 amide bonds. The van der Waals surface area contributed by atoms with E-state index in [1.807, 2.05) is 0 Å². The van der Waals surface area contributed by atoms with Gasteiger partial charge in [-0.25, -0.2) is 8.42 Å². The van der Waals surface area contributed by atoms with E-state index in [-0.39, 0.29) is 28.6 Å². The lowest BCUT2D eigenvalue weighted by Gasteiger charge is -2.20. The van der Waals surface area contributed by atoms with E-state index in [0.29, 0.717) is 11.3 Å². The second-order valence-corrected chi connectivity index (χ2v) is 7.96. The minimum Gasteiger partial charge on any atom is -0.376 e. The molecule has 0 aromatic heterocycles. The number of nitrogens with one attached hydrogen (secondary N) is 2. The molecule has 6 nitrogen and oxygen atoms in total. The number of benzene rings is 2. The molecule has 27 heavy (non-hydrogen) atoms. The van der Waals surface area contributed by atoms with E-state index in [0.717, 1.165) is 12.1 Å². The Morgan fingerprint density at radius 2 is 1.81 bits per heavy atom. The number of carbonyl (C=O) groups excluding carboxylic acids is 1. The Morgan fingerprint density at radius 1 is 1.11 bits per heavy atom. The van der Waals surface area contributed by atoms with E-state index in [2.05, 4.69) is 10.0 Å². The van der Waals surface area contributed by atoms with Crippen LogP contribution in [0.5, 0.6) is 0 Å². The second-order valence-electron chi connectivity index (χ2n) is 6.27.